The predicted molar refractivity (Wildman–Crippen MR) is 234 cm³/mol. The molecule has 1 heterocycles. The van der Waals surface area contributed by atoms with Gasteiger partial charge in [0.25, 0.3) is 7.82 Å². The number of quaternary nitrogens is 1. The summed E-state index contributed by atoms with van der Waals surface area (Å²) in [5, 5.41) is 31.0. The predicted octanol–water partition coefficient (Wildman–Crippen LogP) is 9.21. The standard InChI is InChI=1S/C46H86NO11P/c1-6-8-10-11-12-13-14-15-16-17-18-19-20-21-24-28-35-54-38-41(39-56-59(52,53)55-36-34-47(3,4)5)57-45(50)31-27-23-22-26-30-42-43(49)37-46(51)58-44(42)33-32-40(48)29-25-9-7-2/h22,26,28,32-33,35,40-44,46,48-49,51H,6-21,23-25,27,29-31,34,36-39H2,1-5H3/b26-22-,33-32+,35-28-/t40-,41+,42-,43-,44+,46?/m0/s1. The summed E-state index contributed by atoms with van der Waals surface area (Å²) in [4.78, 5) is 25.2. The van der Waals surface area contributed by atoms with Gasteiger partial charge < -0.3 is 48.0 Å². The topological polar surface area (TPSA) is 164 Å². The van der Waals surface area contributed by atoms with Gasteiger partial charge in [-0.15, -0.1) is 0 Å². The van der Waals surface area contributed by atoms with Crippen LogP contribution in [0.3, 0.4) is 0 Å². The summed E-state index contributed by atoms with van der Waals surface area (Å²) in [7, 11) is 1.16. The summed E-state index contributed by atoms with van der Waals surface area (Å²) in [5.74, 6) is -0.789. The molecule has 1 fully saturated rings. The molecule has 1 aliphatic rings. The van der Waals surface area contributed by atoms with Crippen LogP contribution in [0.25, 0.3) is 0 Å². The van der Waals surface area contributed by atoms with E-state index >= 15 is 0 Å². The fourth-order valence-electron chi connectivity index (χ4n) is 6.85. The van der Waals surface area contributed by atoms with Crippen molar-refractivity contribution in [2.75, 3.05) is 47.5 Å². The van der Waals surface area contributed by atoms with E-state index in [1.807, 2.05) is 39.4 Å². The van der Waals surface area contributed by atoms with Crippen molar-refractivity contribution in [2.45, 2.75) is 199 Å². The highest BCUT2D eigenvalue weighted by Crippen LogP contribution is 2.38. The maximum Gasteiger partial charge on any atom is 0.306 e. The highest BCUT2D eigenvalue weighted by molar-refractivity contribution is 7.45. The fourth-order valence-corrected chi connectivity index (χ4v) is 7.57. The lowest BCUT2D eigenvalue weighted by Gasteiger charge is -2.36. The average molecular weight is 860 g/mol. The van der Waals surface area contributed by atoms with Gasteiger partial charge in [0.2, 0.25) is 0 Å². The molecule has 346 valence electrons. The van der Waals surface area contributed by atoms with Gasteiger partial charge >= 0.3 is 5.97 Å². The SMILES string of the molecule is CCCCCCCCCCCCCCCC/C=C\OC[C@H](COP(=O)([O-])OCC[N+](C)(C)C)OC(=O)CCC/C=C\C[C@H]1[C@@H](O)CC(O)O[C@@H]1/C=C/[C@@H](O)CCCCC. The molecule has 1 saturated heterocycles. The zero-order valence-corrected chi connectivity index (χ0v) is 38.6. The minimum Gasteiger partial charge on any atom is -0.756 e. The smallest absolute Gasteiger partial charge is 0.306 e. The molecule has 13 heteroatoms. The number of aliphatic hydroxyl groups excluding tert-OH is 3. The molecule has 12 nitrogen and oxygen atoms in total. The molecule has 0 amide bonds. The molecule has 1 aliphatic heterocycles. The Kier molecular flexibility index (Phi) is 32.8. The van der Waals surface area contributed by atoms with Crippen LogP contribution in [-0.4, -0.2) is 104 Å². The van der Waals surface area contributed by atoms with E-state index < -0.39 is 51.1 Å². The summed E-state index contributed by atoms with van der Waals surface area (Å²) in [5.41, 5.74) is 0. The molecule has 0 aromatic rings. The zero-order chi connectivity index (χ0) is 43.6. The van der Waals surface area contributed by atoms with Crippen LogP contribution in [0.15, 0.2) is 36.6 Å². The number of unbranched alkanes of at least 4 members (excludes halogenated alkanes) is 17. The Balaban J connectivity index is 2.50. The van der Waals surface area contributed by atoms with Crippen LogP contribution in [0.5, 0.6) is 0 Å². The Labute approximate surface area is 359 Å². The maximum atomic E-state index is 12.8. The van der Waals surface area contributed by atoms with E-state index in [1.165, 1.54) is 83.5 Å². The monoisotopic (exact) mass is 860 g/mol. The first-order valence-corrected chi connectivity index (χ1v) is 24.6. The Morgan fingerprint density at radius 2 is 1.41 bits per heavy atom. The Hall–Kier alpha value is -1.60. The van der Waals surface area contributed by atoms with Gasteiger partial charge in [0.1, 0.15) is 19.8 Å². The van der Waals surface area contributed by atoms with Crippen molar-refractivity contribution in [3.05, 3.63) is 36.6 Å². The van der Waals surface area contributed by atoms with E-state index in [0.29, 0.717) is 36.7 Å². The van der Waals surface area contributed by atoms with Crippen molar-refractivity contribution in [3.8, 4) is 0 Å². The van der Waals surface area contributed by atoms with Gasteiger partial charge in [0.15, 0.2) is 12.4 Å². The van der Waals surface area contributed by atoms with Gasteiger partial charge in [-0.05, 0) is 44.6 Å². The van der Waals surface area contributed by atoms with Gasteiger partial charge in [0.05, 0.1) is 52.3 Å². The molecule has 3 N–H and O–H groups in total. The lowest BCUT2D eigenvalue weighted by Crippen LogP contribution is -2.43. The molecular formula is C46H86NO11P. The molecule has 0 saturated carbocycles. The summed E-state index contributed by atoms with van der Waals surface area (Å²) in [6.45, 7) is 4.32. The number of allylic oxidation sites excluding steroid dienone is 3. The Morgan fingerprint density at radius 1 is 0.814 bits per heavy atom. The summed E-state index contributed by atoms with van der Waals surface area (Å²) < 4.78 is 40.0. The number of phosphoric ester groups is 1. The van der Waals surface area contributed by atoms with Crippen LogP contribution < -0.4 is 4.89 Å². The lowest BCUT2D eigenvalue weighted by atomic mass is 9.87. The van der Waals surface area contributed by atoms with Gasteiger partial charge in [0, 0.05) is 18.8 Å². The van der Waals surface area contributed by atoms with Crippen LogP contribution >= 0.6 is 7.82 Å². The number of carbonyl (C=O) groups is 1. The average Bonchev–Trinajstić information content (AvgIpc) is 3.17. The van der Waals surface area contributed by atoms with Crippen molar-refractivity contribution in [1.82, 2.24) is 0 Å². The van der Waals surface area contributed by atoms with Crippen LogP contribution in [0, 0.1) is 5.92 Å². The quantitative estimate of drug-likeness (QED) is 0.0135. The van der Waals surface area contributed by atoms with E-state index in [2.05, 4.69) is 13.8 Å². The number of carbonyl (C=O) groups excluding carboxylic acids is 1. The molecule has 0 aliphatic carbocycles. The fraction of sp³-hybridized carbons (Fsp3) is 0.848. The number of likely N-dealkylation sites (N-methyl/N-ethyl adjacent to an activating group) is 1. The van der Waals surface area contributed by atoms with Crippen molar-refractivity contribution in [3.63, 3.8) is 0 Å². The second-order valence-corrected chi connectivity index (χ2v) is 18.8. The molecule has 0 radical (unpaired) electrons. The first kappa shape index (κ1) is 55.4. The third-order valence-electron chi connectivity index (χ3n) is 10.6. The summed E-state index contributed by atoms with van der Waals surface area (Å²) >= 11 is 0. The van der Waals surface area contributed by atoms with E-state index in [9.17, 15) is 29.6 Å². The van der Waals surface area contributed by atoms with Crippen molar-refractivity contribution < 1.29 is 57.3 Å². The highest BCUT2D eigenvalue weighted by Gasteiger charge is 2.35. The number of rotatable bonds is 38. The number of nitrogens with zero attached hydrogens (tertiary/aromatic N) is 1. The molecule has 59 heavy (non-hydrogen) atoms. The first-order chi connectivity index (χ1) is 28.3. The van der Waals surface area contributed by atoms with E-state index in [4.69, 9.17) is 23.3 Å². The first-order valence-electron chi connectivity index (χ1n) is 23.2. The number of aliphatic hydroxyl groups is 3. The number of hydrogen-bond donors (Lipinski definition) is 3. The zero-order valence-electron chi connectivity index (χ0n) is 37.7. The van der Waals surface area contributed by atoms with Crippen LogP contribution in [-0.2, 0) is 32.6 Å². The molecule has 0 aromatic heterocycles. The van der Waals surface area contributed by atoms with E-state index in [0.717, 1.165) is 32.1 Å². The lowest BCUT2D eigenvalue weighted by molar-refractivity contribution is -0.870. The van der Waals surface area contributed by atoms with Gasteiger partial charge in [-0.25, -0.2) is 0 Å². The summed E-state index contributed by atoms with van der Waals surface area (Å²) in [6, 6.07) is 0. The molecule has 7 atom stereocenters. The largest absolute Gasteiger partial charge is 0.756 e. The third-order valence-corrected chi connectivity index (χ3v) is 11.5. The normalized spacial score (nSPS) is 21.0. The molecule has 0 spiro atoms. The minimum absolute atomic E-state index is 0.0327. The van der Waals surface area contributed by atoms with E-state index in [1.54, 1.807) is 18.4 Å². The highest BCUT2D eigenvalue weighted by atomic mass is 31.2. The third kappa shape index (κ3) is 32.7. The number of hydrogen-bond acceptors (Lipinski definition) is 11. The molecule has 0 bridgehead atoms. The minimum atomic E-state index is -4.62. The van der Waals surface area contributed by atoms with Crippen molar-refractivity contribution >= 4 is 13.8 Å². The van der Waals surface area contributed by atoms with Gasteiger partial charge in [-0.2, -0.15) is 0 Å². The molecule has 0 aromatic carbocycles. The van der Waals surface area contributed by atoms with Crippen LogP contribution in [0.1, 0.15) is 168 Å². The maximum absolute atomic E-state index is 12.8. The Bertz CT molecular complexity index is 1160. The van der Waals surface area contributed by atoms with Gasteiger partial charge in [-0.3, -0.25) is 9.36 Å². The number of ether oxygens (including phenoxy) is 3. The molecular weight excluding hydrogens is 773 g/mol. The van der Waals surface area contributed by atoms with Crippen molar-refractivity contribution in [2.24, 2.45) is 5.92 Å². The van der Waals surface area contributed by atoms with Crippen LogP contribution in [0.4, 0.5) is 0 Å². The van der Waals surface area contributed by atoms with E-state index in [-0.39, 0.29) is 32.0 Å². The van der Waals surface area contributed by atoms with Crippen LogP contribution in [0.2, 0.25) is 0 Å². The summed E-state index contributed by atoms with van der Waals surface area (Å²) in [6.07, 6.45) is 31.5. The second kappa shape index (κ2) is 34.9. The number of phosphoric acid groups is 1. The Morgan fingerprint density at radius 3 is 2.03 bits per heavy atom. The number of esters is 1. The molecule has 2 unspecified atom stereocenters. The van der Waals surface area contributed by atoms with Crippen molar-refractivity contribution in [1.29, 1.82) is 0 Å². The molecule has 1 rings (SSSR count). The van der Waals surface area contributed by atoms with Gasteiger partial charge in [-0.1, -0.05) is 141 Å². The second-order valence-electron chi connectivity index (χ2n) is 17.4.